The fourth-order valence-electron chi connectivity index (χ4n) is 5.21. The summed E-state index contributed by atoms with van der Waals surface area (Å²) in [4.78, 5) is 0. The van der Waals surface area contributed by atoms with Gasteiger partial charge in [0, 0.05) is 18.4 Å². The molecule has 0 aromatic rings. The second-order valence-electron chi connectivity index (χ2n) is 7.12. The van der Waals surface area contributed by atoms with E-state index in [0.717, 1.165) is 30.3 Å². The third-order valence-electron chi connectivity index (χ3n) is 6.19. The maximum Gasteiger partial charge on any atom is 0.0783 e. The van der Waals surface area contributed by atoms with E-state index in [2.05, 4.69) is 17.2 Å². The van der Waals surface area contributed by atoms with Crippen molar-refractivity contribution in [3.05, 3.63) is 0 Å². The summed E-state index contributed by atoms with van der Waals surface area (Å²) in [5, 5.41) is 0. The molecule has 4 fully saturated rings. The van der Waals surface area contributed by atoms with Crippen LogP contribution in [0.3, 0.4) is 0 Å². The van der Waals surface area contributed by atoms with Crippen LogP contribution in [0.15, 0.2) is 0 Å². The van der Waals surface area contributed by atoms with Crippen molar-refractivity contribution in [2.75, 3.05) is 18.1 Å². The van der Waals surface area contributed by atoms with Crippen LogP contribution in [0.4, 0.5) is 0 Å². The molecule has 2 aliphatic carbocycles. The molecule has 0 radical (unpaired) electrons. The van der Waals surface area contributed by atoms with Crippen molar-refractivity contribution in [1.82, 2.24) is 5.43 Å². The first-order valence-corrected chi connectivity index (χ1v) is 9.16. The Kier molecular flexibility index (Phi) is 3.34. The van der Waals surface area contributed by atoms with Gasteiger partial charge < -0.3 is 4.74 Å². The minimum absolute atomic E-state index is 0.201. The third-order valence-corrected chi connectivity index (χ3v) is 7.41. The van der Waals surface area contributed by atoms with Crippen molar-refractivity contribution in [1.29, 1.82) is 0 Å². The molecule has 3 N–H and O–H groups in total. The molecule has 0 bridgehead atoms. The monoisotopic (exact) mass is 282 g/mol. The second-order valence-corrected chi connectivity index (χ2v) is 8.22. The van der Waals surface area contributed by atoms with Gasteiger partial charge in [0.1, 0.15) is 0 Å². The molecule has 108 valence electrons. The highest BCUT2D eigenvalue weighted by atomic mass is 32.2. The van der Waals surface area contributed by atoms with Crippen LogP contribution in [0.25, 0.3) is 0 Å². The summed E-state index contributed by atoms with van der Waals surface area (Å²) in [6.45, 7) is 0.950. The Hall–Kier alpha value is 0.230. The van der Waals surface area contributed by atoms with E-state index >= 15 is 0 Å². The number of hydrazine groups is 1. The first kappa shape index (κ1) is 12.9. The van der Waals surface area contributed by atoms with Crippen LogP contribution in [-0.2, 0) is 4.74 Å². The van der Waals surface area contributed by atoms with Gasteiger partial charge in [-0.25, -0.2) is 0 Å². The molecule has 0 aromatic heterocycles. The van der Waals surface area contributed by atoms with Gasteiger partial charge in [0.2, 0.25) is 0 Å². The Balaban J connectivity index is 1.45. The molecular weight excluding hydrogens is 256 g/mol. The van der Waals surface area contributed by atoms with Gasteiger partial charge in [-0.15, -0.1) is 0 Å². The normalized spacial score (nSPS) is 50.4. The largest absolute Gasteiger partial charge is 0.374 e. The number of nitrogens with one attached hydrogen (secondary N) is 1. The lowest BCUT2D eigenvalue weighted by atomic mass is 9.79. The molecule has 2 saturated heterocycles. The fourth-order valence-corrected chi connectivity index (χ4v) is 6.58. The Morgan fingerprint density at radius 2 is 2.11 bits per heavy atom. The highest BCUT2D eigenvalue weighted by Crippen LogP contribution is 2.60. The van der Waals surface area contributed by atoms with Crippen LogP contribution in [0.1, 0.15) is 38.5 Å². The molecule has 4 heteroatoms. The summed E-state index contributed by atoms with van der Waals surface area (Å²) >= 11 is 2.06. The number of fused-ring (bicyclic) bond motifs is 1. The molecule has 5 unspecified atom stereocenters. The number of hydrogen-bond donors (Lipinski definition) is 2. The smallest absolute Gasteiger partial charge is 0.0783 e. The van der Waals surface area contributed by atoms with E-state index < -0.39 is 0 Å². The molecule has 4 rings (SSSR count). The Morgan fingerprint density at radius 1 is 1.26 bits per heavy atom. The van der Waals surface area contributed by atoms with Gasteiger partial charge in [-0.1, -0.05) is 6.42 Å². The van der Waals surface area contributed by atoms with Crippen molar-refractivity contribution in [3.8, 4) is 0 Å². The summed E-state index contributed by atoms with van der Waals surface area (Å²) in [7, 11) is 0. The maximum absolute atomic E-state index is 6.16. The predicted molar refractivity (Wildman–Crippen MR) is 78.8 cm³/mol. The molecule has 2 saturated carbocycles. The molecular formula is C15H26N2OS. The lowest BCUT2D eigenvalue weighted by molar-refractivity contribution is -0.0869. The first-order valence-electron chi connectivity index (χ1n) is 8.01. The minimum atomic E-state index is 0.201. The minimum Gasteiger partial charge on any atom is -0.374 e. The van der Waals surface area contributed by atoms with E-state index in [1.807, 2.05) is 0 Å². The van der Waals surface area contributed by atoms with Crippen molar-refractivity contribution in [2.45, 2.75) is 50.2 Å². The zero-order valence-electron chi connectivity index (χ0n) is 11.6. The van der Waals surface area contributed by atoms with E-state index in [1.54, 1.807) is 0 Å². The molecule has 4 aliphatic rings. The van der Waals surface area contributed by atoms with Crippen molar-refractivity contribution in [2.24, 2.45) is 29.5 Å². The fraction of sp³-hybridized carbons (Fsp3) is 1.00. The third kappa shape index (κ3) is 2.15. The Labute approximate surface area is 120 Å². The van der Waals surface area contributed by atoms with E-state index in [1.165, 1.54) is 50.0 Å². The van der Waals surface area contributed by atoms with E-state index in [9.17, 15) is 0 Å². The lowest BCUT2D eigenvalue weighted by Crippen LogP contribution is -2.50. The van der Waals surface area contributed by atoms with Crippen molar-refractivity contribution < 1.29 is 4.74 Å². The quantitative estimate of drug-likeness (QED) is 0.615. The average molecular weight is 282 g/mol. The molecule has 1 spiro atoms. The molecule has 5 atom stereocenters. The highest BCUT2D eigenvalue weighted by Gasteiger charge is 2.58. The average Bonchev–Trinajstić information content (AvgIpc) is 2.84. The number of nitrogens with two attached hydrogens (primary N) is 1. The number of hydrogen-bond acceptors (Lipinski definition) is 4. The van der Waals surface area contributed by atoms with E-state index in [0.29, 0.717) is 6.04 Å². The maximum atomic E-state index is 6.16. The zero-order chi connectivity index (χ0) is 12.9. The van der Waals surface area contributed by atoms with Gasteiger partial charge in [-0.2, -0.15) is 11.8 Å². The SMILES string of the molecule is NNC(C1CCOC2(CCSC2)C1)C1C2CCCC21. The number of ether oxygens (including phenoxy) is 1. The molecule has 0 aromatic carbocycles. The summed E-state index contributed by atoms with van der Waals surface area (Å²) < 4.78 is 6.16. The van der Waals surface area contributed by atoms with Crippen LogP contribution in [-0.4, -0.2) is 29.8 Å². The second kappa shape index (κ2) is 4.90. The summed E-state index contributed by atoms with van der Waals surface area (Å²) in [5.41, 5.74) is 3.41. The van der Waals surface area contributed by atoms with Crippen molar-refractivity contribution in [3.63, 3.8) is 0 Å². The summed E-state index contributed by atoms with van der Waals surface area (Å²) in [6, 6.07) is 0.557. The van der Waals surface area contributed by atoms with Gasteiger partial charge in [0.15, 0.2) is 0 Å². The molecule has 2 aliphatic heterocycles. The number of rotatable bonds is 3. The molecule has 0 amide bonds. The van der Waals surface area contributed by atoms with Crippen molar-refractivity contribution >= 4 is 11.8 Å². The van der Waals surface area contributed by atoms with Crippen LogP contribution in [0, 0.1) is 23.7 Å². The highest BCUT2D eigenvalue weighted by molar-refractivity contribution is 7.99. The van der Waals surface area contributed by atoms with Crippen LogP contribution in [0.2, 0.25) is 0 Å². The van der Waals surface area contributed by atoms with Gasteiger partial charge in [0.05, 0.1) is 5.60 Å². The number of thioether (sulfide) groups is 1. The Bertz CT molecular complexity index is 335. The van der Waals surface area contributed by atoms with Gasteiger partial charge in [0.25, 0.3) is 0 Å². The van der Waals surface area contributed by atoms with Crippen LogP contribution < -0.4 is 11.3 Å². The summed E-state index contributed by atoms with van der Waals surface area (Å²) in [6.07, 6.45) is 8.07. The Morgan fingerprint density at radius 3 is 2.79 bits per heavy atom. The predicted octanol–water partition coefficient (Wildman–Crippen LogP) is 2.17. The summed E-state index contributed by atoms with van der Waals surface area (Å²) in [5.74, 6) is 12.0. The van der Waals surface area contributed by atoms with E-state index in [4.69, 9.17) is 10.6 Å². The van der Waals surface area contributed by atoms with Gasteiger partial charge >= 0.3 is 0 Å². The van der Waals surface area contributed by atoms with Crippen LogP contribution in [0.5, 0.6) is 0 Å². The first-order chi connectivity index (χ1) is 9.33. The lowest BCUT2D eigenvalue weighted by Gasteiger charge is -2.41. The van der Waals surface area contributed by atoms with Crippen LogP contribution >= 0.6 is 11.8 Å². The zero-order valence-corrected chi connectivity index (χ0v) is 12.5. The standard InChI is InChI=1S/C15H26N2OS/c16-17-14(13-11-2-1-3-12(11)13)10-4-6-18-15(8-10)5-7-19-9-15/h10-14,17H,1-9,16H2. The molecule has 3 nitrogen and oxygen atoms in total. The molecule has 19 heavy (non-hydrogen) atoms. The molecule has 2 heterocycles. The van der Waals surface area contributed by atoms with Gasteiger partial charge in [-0.05, 0) is 61.5 Å². The van der Waals surface area contributed by atoms with E-state index in [-0.39, 0.29) is 5.60 Å². The van der Waals surface area contributed by atoms with Gasteiger partial charge in [-0.3, -0.25) is 11.3 Å². The topological polar surface area (TPSA) is 47.3 Å².